The van der Waals surface area contributed by atoms with Crippen LogP contribution in [-0.4, -0.2) is 17.4 Å². The van der Waals surface area contributed by atoms with Crippen LogP contribution >= 0.6 is 34.9 Å². The first-order chi connectivity index (χ1) is 11.7. The van der Waals surface area contributed by atoms with Crippen molar-refractivity contribution in [3.05, 3.63) is 64.8 Å². The highest BCUT2D eigenvalue weighted by molar-refractivity contribution is 8.19. The van der Waals surface area contributed by atoms with E-state index in [2.05, 4.69) is 11.4 Å². The molecule has 1 aliphatic rings. The van der Waals surface area contributed by atoms with Crippen molar-refractivity contribution >= 4 is 56.5 Å². The van der Waals surface area contributed by atoms with Crippen LogP contribution < -0.4 is 5.32 Å². The van der Waals surface area contributed by atoms with Gasteiger partial charge in [-0.25, -0.2) is 4.39 Å². The molecule has 4 rings (SSSR count). The highest BCUT2D eigenvalue weighted by Crippen LogP contribution is 2.45. The normalized spacial score (nSPS) is 15.0. The van der Waals surface area contributed by atoms with Crippen molar-refractivity contribution < 1.29 is 9.18 Å². The van der Waals surface area contributed by atoms with Crippen molar-refractivity contribution in [2.24, 2.45) is 0 Å². The van der Waals surface area contributed by atoms with E-state index in [0.29, 0.717) is 14.8 Å². The van der Waals surface area contributed by atoms with Gasteiger partial charge in [-0.2, -0.15) is 0 Å². The van der Waals surface area contributed by atoms with Crippen molar-refractivity contribution in [2.75, 3.05) is 16.8 Å². The summed E-state index contributed by atoms with van der Waals surface area (Å²) in [7, 11) is 0. The molecule has 0 unspecified atom stereocenters. The molecular formula is C18H14FNOS3. The zero-order chi connectivity index (χ0) is 16.5. The van der Waals surface area contributed by atoms with Crippen LogP contribution in [0, 0.1) is 5.82 Å². The number of hydrogen-bond acceptors (Lipinski definition) is 4. The summed E-state index contributed by atoms with van der Waals surface area (Å²) >= 11 is 5.18. The van der Waals surface area contributed by atoms with E-state index in [1.165, 1.54) is 34.5 Å². The third-order valence-electron chi connectivity index (χ3n) is 3.77. The predicted molar refractivity (Wildman–Crippen MR) is 104 cm³/mol. The lowest BCUT2D eigenvalue weighted by Crippen LogP contribution is -2.10. The molecule has 122 valence electrons. The van der Waals surface area contributed by atoms with E-state index in [9.17, 15) is 9.18 Å². The van der Waals surface area contributed by atoms with Gasteiger partial charge in [-0.15, -0.1) is 34.9 Å². The largest absolute Gasteiger partial charge is 0.321 e. The summed E-state index contributed by atoms with van der Waals surface area (Å²) in [6.07, 6.45) is 0. The summed E-state index contributed by atoms with van der Waals surface area (Å²) in [5.41, 5.74) is 2.01. The highest BCUT2D eigenvalue weighted by atomic mass is 32.2. The summed E-state index contributed by atoms with van der Waals surface area (Å²) in [6, 6.07) is 14.5. The number of halogens is 1. The fourth-order valence-electron chi connectivity index (χ4n) is 2.64. The summed E-state index contributed by atoms with van der Waals surface area (Å²) in [5, 5.41) is 3.43. The standard InChI is InChI=1S/C18H14FNOS3/c19-14-5-2-6-15-13(14)10-16(24-15)17(21)20-12-4-1-3-11(9-12)18-22-7-8-23-18/h1-6,9-10,18H,7-8H2,(H,20,21). The number of amides is 1. The van der Waals surface area contributed by atoms with E-state index >= 15 is 0 Å². The first kappa shape index (κ1) is 16.0. The molecule has 0 spiro atoms. The topological polar surface area (TPSA) is 29.1 Å². The van der Waals surface area contributed by atoms with Crippen LogP contribution in [0.25, 0.3) is 10.1 Å². The Kier molecular flexibility index (Phi) is 4.52. The molecular weight excluding hydrogens is 361 g/mol. The Morgan fingerprint density at radius 1 is 1.08 bits per heavy atom. The molecule has 3 aromatic rings. The number of anilines is 1. The van der Waals surface area contributed by atoms with E-state index < -0.39 is 0 Å². The lowest BCUT2D eigenvalue weighted by atomic mass is 10.2. The number of rotatable bonds is 3. The second-order valence-corrected chi connectivity index (χ2v) is 9.22. The molecule has 0 atom stereocenters. The van der Waals surface area contributed by atoms with E-state index in [1.807, 2.05) is 47.8 Å². The van der Waals surface area contributed by atoms with E-state index in [1.54, 1.807) is 12.1 Å². The fourth-order valence-corrected chi connectivity index (χ4v) is 6.45. The molecule has 6 heteroatoms. The molecule has 2 heterocycles. The molecule has 24 heavy (non-hydrogen) atoms. The van der Waals surface area contributed by atoms with Gasteiger partial charge in [-0.3, -0.25) is 4.79 Å². The first-order valence-corrected chi connectivity index (χ1v) is 10.4. The second kappa shape index (κ2) is 6.78. The smallest absolute Gasteiger partial charge is 0.265 e. The van der Waals surface area contributed by atoms with Gasteiger partial charge in [-0.1, -0.05) is 18.2 Å². The summed E-state index contributed by atoms with van der Waals surface area (Å²) in [6.45, 7) is 0. The van der Waals surface area contributed by atoms with E-state index in [4.69, 9.17) is 0 Å². The van der Waals surface area contributed by atoms with Crippen LogP contribution in [0.3, 0.4) is 0 Å². The zero-order valence-corrected chi connectivity index (χ0v) is 15.1. The van der Waals surface area contributed by atoms with Gasteiger partial charge in [0.05, 0.1) is 9.46 Å². The van der Waals surface area contributed by atoms with Gasteiger partial charge in [0, 0.05) is 27.3 Å². The van der Waals surface area contributed by atoms with Gasteiger partial charge >= 0.3 is 0 Å². The molecule has 0 radical (unpaired) electrons. The van der Waals surface area contributed by atoms with Gasteiger partial charge in [-0.05, 0) is 35.9 Å². The van der Waals surface area contributed by atoms with Crippen LogP contribution in [0.5, 0.6) is 0 Å². The lowest BCUT2D eigenvalue weighted by Gasteiger charge is -2.10. The van der Waals surface area contributed by atoms with Crippen LogP contribution in [0.2, 0.25) is 0 Å². The van der Waals surface area contributed by atoms with Crippen LogP contribution in [0.4, 0.5) is 10.1 Å². The monoisotopic (exact) mass is 375 g/mol. The minimum absolute atomic E-state index is 0.195. The predicted octanol–water partition coefficient (Wildman–Crippen LogP) is 5.77. The molecule has 1 saturated heterocycles. The van der Waals surface area contributed by atoms with Crippen molar-refractivity contribution in [2.45, 2.75) is 4.58 Å². The van der Waals surface area contributed by atoms with Gasteiger partial charge in [0.15, 0.2) is 0 Å². The molecule has 0 saturated carbocycles. The first-order valence-electron chi connectivity index (χ1n) is 7.53. The maximum atomic E-state index is 13.8. The molecule has 0 bridgehead atoms. The van der Waals surface area contributed by atoms with E-state index in [-0.39, 0.29) is 11.7 Å². The SMILES string of the molecule is O=C(Nc1cccc(C2SCCS2)c1)c1cc2c(F)cccc2s1. The van der Waals surface area contributed by atoms with Gasteiger partial charge < -0.3 is 5.32 Å². The minimum Gasteiger partial charge on any atom is -0.321 e. The van der Waals surface area contributed by atoms with Crippen molar-refractivity contribution in [1.29, 1.82) is 0 Å². The second-order valence-electron chi connectivity index (χ2n) is 5.42. The molecule has 1 amide bonds. The fraction of sp³-hybridized carbons (Fsp3) is 0.167. The Morgan fingerprint density at radius 2 is 1.88 bits per heavy atom. The Balaban J connectivity index is 1.56. The molecule has 1 N–H and O–H groups in total. The summed E-state index contributed by atoms with van der Waals surface area (Å²) in [4.78, 5) is 13.0. The van der Waals surface area contributed by atoms with Crippen LogP contribution in [0.15, 0.2) is 48.5 Å². The van der Waals surface area contributed by atoms with Gasteiger partial charge in [0.25, 0.3) is 5.91 Å². The molecule has 2 aromatic carbocycles. The Labute approximate surface area is 151 Å². The molecule has 1 fully saturated rings. The summed E-state index contributed by atoms with van der Waals surface area (Å²) < 4.78 is 15.0. The number of hydrogen-bond donors (Lipinski definition) is 1. The average molecular weight is 376 g/mol. The number of thiophene rings is 1. The third kappa shape index (κ3) is 3.18. The Morgan fingerprint density at radius 3 is 2.67 bits per heavy atom. The average Bonchev–Trinajstić information content (AvgIpc) is 3.25. The maximum absolute atomic E-state index is 13.8. The number of carbonyl (C=O) groups is 1. The maximum Gasteiger partial charge on any atom is 0.265 e. The van der Waals surface area contributed by atoms with Crippen LogP contribution in [-0.2, 0) is 0 Å². The number of carbonyl (C=O) groups excluding carboxylic acids is 1. The Hall–Kier alpha value is -1.50. The Bertz CT molecular complexity index is 902. The van der Waals surface area contributed by atoms with Crippen molar-refractivity contribution in [1.82, 2.24) is 0 Å². The highest BCUT2D eigenvalue weighted by Gasteiger charge is 2.19. The quantitative estimate of drug-likeness (QED) is 0.630. The minimum atomic E-state index is -0.292. The van der Waals surface area contributed by atoms with Gasteiger partial charge in [0.1, 0.15) is 5.82 Å². The van der Waals surface area contributed by atoms with Crippen molar-refractivity contribution in [3.63, 3.8) is 0 Å². The molecule has 0 aliphatic carbocycles. The third-order valence-corrected chi connectivity index (χ3v) is 7.97. The molecule has 1 aliphatic heterocycles. The lowest BCUT2D eigenvalue weighted by molar-refractivity contribution is 0.103. The van der Waals surface area contributed by atoms with Crippen LogP contribution in [0.1, 0.15) is 19.8 Å². The summed E-state index contributed by atoms with van der Waals surface area (Å²) in [5.74, 6) is 1.85. The number of benzene rings is 2. The molecule has 1 aromatic heterocycles. The molecule has 2 nitrogen and oxygen atoms in total. The van der Waals surface area contributed by atoms with E-state index in [0.717, 1.165) is 10.4 Å². The number of thioether (sulfide) groups is 2. The number of nitrogens with one attached hydrogen (secondary N) is 1. The zero-order valence-electron chi connectivity index (χ0n) is 12.6. The van der Waals surface area contributed by atoms with Crippen molar-refractivity contribution in [3.8, 4) is 0 Å². The van der Waals surface area contributed by atoms with Gasteiger partial charge in [0.2, 0.25) is 0 Å². The number of fused-ring (bicyclic) bond motifs is 1.